The summed E-state index contributed by atoms with van der Waals surface area (Å²) in [6.07, 6.45) is -5.43. The third kappa shape index (κ3) is 8.20. The Hall–Kier alpha value is -3.85. The molecule has 2 saturated carbocycles. The second kappa shape index (κ2) is 12.6. The van der Waals surface area contributed by atoms with Crippen molar-refractivity contribution in [2.24, 2.45) is 17.8 Å². The number of carbonyl (C=O) groups is 3. The Morgan fingerprint density at radius 2 is 1.70 bits per heavy atom. The van der Waals surface area contributed by atoms with Gasteiger partial charge < -0.3 is 20.3 Å². The number of hydrogen-bond donors (Lipinski definition) is 2. The molecule has 2 atom stereocenters. The zero-order valence-electron chi connectivity index (χ0n) is 24.1. The highest BCUT2D eigenvalue weighted by Crippen LogP contribution is 2.51. The van der Waals surface area contributed by atoms with Crippen LogP contribution in [0.3, 0.4) is 0 Å². The number of benzene rings is 1. The predicted octanol–water partition coefficient (Wildman–Crippen LogP) is 5.24. The second-order valence-electron chi connectivity index (χ2n) is 11.2. The van der Waals surface area contributed by atoms with Gasteiger partial charge in [0.05, 0.1) is 11.6 Å². The molecule has 1 heterocycles. The molecule has 0 saturated heterocycles. The van der Waals surface area contributed by atoms with E-state index in [4.69, 9.17) is 0 Å². The fraction of sp³-hybridized carbons (Fsp3) is 0.571. The molecule has 2 aliphatic rings. The second-order valence-corrected chi connectivity index (χ2v) is 11.2. The van der Waals surface area contributed by atoms with Crippen LogP contribution in [0.1, 0.15) is 61.5 Å². The molecule has 1 unspecified atom stereocenters. The number of aryl methyl sites for hydroxylation is 1. The Kier molecular flexibility index (Phi) is 9.49. The highest BCUT2D eigenvalue weighted by atomic mass is 19.4. The van der Waals surface area contributed by atoms with E-state index >= 15 is 4.39 Å². The molecule has 0 aliphatic heterocycles. The van der Waals surface area contributed by atoms with E-state index in [0.717, 1.165) is 39.7 Å². The third-order valence-corrected chi connectivity index (χ3v) is 7.75. The van der Waals surface area contributed by atoms with Gasteiger partial charge in [0.1, 0.15) is 29.8 Å². The Bertz CT molecular complexity index is 1370. The number of rotatable bonds is 12. The SMILES string of the molecule is CCn1nccc1C(=O)N[C@H](C(=O)Nc1cc(OC(F)(F)F)c(C(C)C(=O)N(C)CC(F)(F)F)cc1F)C(C1CC1)C1CC1. The van der Waals surface area contributed by atoms with Crippen molar-refractivity contribution in [2.75, 3.05) is 18.9 Å². The largest absolute Gasteiger partial charge is 0.573 e. The maximum absolute atomic E-state index is 15.4. The van der Waals surface area contributed by atoms with E-state index in [9.17, 15) is 40.7 Å². The van der Waals surface area contributed by atoms with Crippen LogP contribution in [0.5, 0.6) is 5.75 Å². The van der Waals surface area contributed by atoms with Gasteiger partial charge in [-0.2, -0.15) is 18.3 Å². The molecule has 1 aromatic heterocycles. The molecule has 0 bridgehead atoms. The first kappa shape index (κ1) is 33.1. The smallest absolute Gasteiger partial charge is 0.405 e. The average molecular weight is 636 g/mol. The van der Waals surface area contributed by atoms with Crippen molar-refractivity contribution in [2.45, 2.75) is 70.6 Å². The van der Waals surface area contributed by atoms with Crippen molar-refractivity contribution in [3.05, 3.63) is 41.5 Å². The first-order valence-corrected chi connectivity index (χ1v) is 14.0. The zero-order valence-corrected chi connectivity index (χ0v) is 24.1. The lowest BCUT2D eigenvalue weighted by Gasteiger charge is -2.28. The molecule has 44 heavy (non-hydrogen) atoms. The summed E-state index contributed by atoms with van der Waals surface area (Å²) in [5.41, 5.74) is -1.23. The van der Waals surface area contributed by atoms with Crippen molar-refractivity contribution in [1.82, 2.24) is 20.0 Å². The molecular formula is C28H32F7N5O4. The summed E-state index contributed by atoms with van der Waals surface area (Å²) in [5.74, 6) is -6.80. The zero-order chi connectivity index (χ0) is 32.6. The maximum atomic E-state index is 15.4. The maximum Gasteiger partial charge on any atom is 0.573 e. The number of alkyl halides is 6. The molecule has 9 nitrogen and oxygen atoms in total. The van der Waals surface area contributed by atoms with E-state index in [1.165, 1.54) is 16.9 Å². The minimum Gasteiger partial charge on any atom is -0.405 e. The molecule has 0 radical (unpaired) electrons. The van der Waals surface area contributed by atoms with Crippen LogP contribution in [-0.2, 0) is 16.1 Å². The number of amides is 3. The summed E-state index contributed by atoms with van der Waals surface area (Å²) in [5, 5.41) is 9.03. The Morgan fingerprint density at radius 1 is 1.09 bits per heavy atom. The summed E-state index contributed by atoms with van der Waals surface area (Å²) >= 11 is 0. The molecular weight excluding hydrogens is 603 g/mol. The molecule has 2 fully saturated rings. The van der Waals surface area contributed by atoms with Crippen LogP contribution in [0.15, 0.2) is 24.4 Å². The topological polar surface area (TPSA) is 106 Å². The van der Waals surface area contributed by atoms with Crippen LogP contribution in [-0.4, -0.2) is 64.6 Å². The Labute approximate surface area is 248 Å². The standard InChI is InChI=1S/C28H32F7N5O4/c1-4-40-20(9-10-36-40)24(41)38-23(22(15-5-6-15)16-7-8-16)25(42)37-19-12-21(44-28(33,34)35)17(11-18(19)29)14(2)26(43)39(3)13-27(30,31)32/h9-12,14-16,22-23H,4-8,13H2,1-3H3,(H,37,42)(H,38,41)/t14?,23-/m0/s1. The summed E-state index contributed by atoms with van der Waals surface area (Å²) in [6, 6.07) is 1.33. The molecule has 1 aromatic carbocycles. The van der Waals surface area contributed by atoms with Gasteiger partial charge in [-0.25, -0.2) is 4.39 Å². The number of nitrogens with one attached hydrogen (secondary N) is 2. The minimum absolute atomic E-state index is 0.117. The number of nitrogens with zero attached hydrogens (tertiary/aromatic N) is 3. The van der Waals surface area contributed by atoms with E-state index in [1.54, 1.807) is 6.92 Å². The normalized spacial score (nSPS) is 16.8. The fourth-order valence-electron chi connectivity index (χ4n) is 5.46. The highest BCUT2D eigenvalue weighted by Gasteiger charge is 2.48. The molecule has 4 rings (SSSR count). The van der Waals surface area contributed by atoms with Gasteiger partial charge in [0.25, 0.3) is 5.91 Å². The van der Waals surface area contributed by atoms with Gasteiger partial charge >= 0.3 is 12.5 Å². The Balaban J connectivity index is 1.64. The van der Waals surface area contributed by atoms with Crippen LogP contribution < -0.4 is 15.4 Å². The number of aromatic nitrogens is 2. The summed E-state index contributed by atoms with van der Waals surface area (Å²) in [7, 11) is 0.805. The van der Waals surface area contributed by atoms with Gasteiger partial charge in [0, 0.05) is 31.4 Å². The molecule has 2 aliphatic carbocycles. The van der Waals surface area contributed by atoms with Crippen LogP contribution in [0, 0.1) is 23.6 Å². The third-order valence-electron chi connectivity index (χ3n) is 7.75. The molecule has 3 amide bonds. The lowest BCUT2D eigenvalue weighted by atomic mass is 9.88. The molecule has 2 aromatic rings. The van der Waals surface area contributed by atoms with E-state index in [-0.39, 0.29) is 28.3 Å². The van der Waals surface area contributed by atoms with E-state index in [2.05, 4.69) is 20.5 Å². The number of halogens is 7. The lowest BCUT2D eigenvalue weighted by Crippen LogP contribution is -2.50. The first-order valence-electron chi connectivity index (χ1n) is 14.0. The first-order chi connectivity index (χ1) is 20.5. The van der Waals surface area contributed by atoms with E-state index in [1.807, 2.05) is 0 Å². The van der Waals surface area contributed by atoms with Gasteiger partial charge in [0.2, 0.25) is 11.8 Å². The highest BCUT2D eigenvalue weighted by molar-refractivity contribution is 6.01. The van der Waals surface area contributed by atoms with Gasteiger partial charge in [-0.05, 0) is 69.4 Å². The molecule has 2 N–H and O–H groups in total. The Morgan fingerprint density at radius 3 is 2.23 bits per heavy atom. The van der Waals surface area contributed by atoms with Crippen molar-refractivity contribution < 1.29 is 49.9 Å². The van der Waals surface area contributed by atoms with Crippen LogP contribution in [0.4, 0.5) is 36.4 Å². The van der Waals surface area contributed by atoms with Crippen molar-refractivity contribution >= 4 is 23.4 Å². The van der Waals surface area contributed by atoms with Crippen molar-refractivity contribution in [3.63, 3.8) is 0 Å². The van der Waals surface area contributed by atoms with Crippen LogP contribution in [0.25, 0.3) is 0 Å². The van der Waals surface area contributed by atoms with Crippen LogP contribution >= 0.6 is 0 Å². The average Bonchev–Trinajstić information content (AvgIpc) is 3.86. The quantitative estimate of drug-likeness (QED) is 0.311. The van der Waals surface area contributed by atoms with E-state index < -0.39 is 71.6 Å². The number of likely N-dealkylation sites (N-methyl/N-ethyl adjacent to an activating group) is 1. The number of anilines is 1. The minimum atomic E-state index is -5.32. The van der Waals surface area contributed by atoms with Gasteiger partial charge in [-0.15, -0.1) is 13.2 Å². The summed E-state index contributed by atoms with van der Waals surface area (Å²) < 4.78 is 99.2. The number of ether oxygens (including phenoxy) is 1. The number of carbonyl (C=O) groups excluding carboxylic acids is 3. The van der Waals surface area contributed by atoms with Gasteiger partial charge in [-0.3, -0.25) is 19.1 Å². The predicted molar refractivity (Wildman–Crippen MR) is 142 cm³/mol. The molecule has 242 valence electrons. The monoisotopic (exact) mass is 635 g/mol. The summed E-state index contributed by atoms with van der Waals surface area (Å²) in [4.78, 5) is 39.7. The summed E-state index contributed by atoms with van der Waals surface area (Å²) in [6.45, 7) is 1.46. The fourth-order valence-corrected chi connectivity index (χ4v) is 5.46. The molecule has 0 spiro atoms. The molecule has 16 heteroatoms. The van der Waals surface area contributed by atoms with Gasteiger partial charge in [-0.1, -0.05) is 0 Å². The van der Waals surface area contributed by atoms with E-state index in [0.29, 0.717) is 18.7 Å². The van der Waals surface area contributed by atoms with Crippen molar-refractivity contribution in [1.29, 1.82) is 0 Å². The number of hydrogen-bond acceptors (Lipinski definition) is 5. The van der Waals surface area contributed by atoms with Gasteiger partial charge in [0.15, 0.2) is 0 Å². The van der Waals surface area contributed by atoms with Crippen molar-refractivity contribution in [3.8, 4) is 5.75 Å². The van der Waals surface area contributed by atoms with Crippen LogP contribution in [0.2, 0.25) is 0 Å². The lowest BCUT2D eigenvalue weighted by molar-refractivity contribution is -0.275.